The van der Waals surface area contributed by atoms with E-state index >= 15 is 0 Å². The third-order valence-electron chi connectivity index (χ3n) is 2.52. The van der Waals surface area contributed by atoms with Crippen LogP contribution in [0.2, 0.25) is 0 Å². The molecule has 114 valence electrons. The smallest absolute Gasteiger partial charge is 0.360 e. The van der Waals surface area contributed by atoms with Gasteiger partial charge in [-0.25, -0.2) is 9.48 Å². The van der Waals surface area contributed by atoms with E-state index in [9.17, 15) is 4.79 Å². The summed E-state index contributed by atoms with van der Waals surface area (Å²) < 4.78 is 16.8. The molecule has 0 spiro atoms. The van der Waals surface area contributed by atoms with Crippen molar-refractivity contribution in [3.05, 3.63) is 11.4 Å². The van der Waals surface area contributed by atoms with Gasteiger partial charge in [0.15, 0.2) is 5.69 Å². The zero-order chi connectivity index (χ0) is 14.8. The van der Waals surface area contributed by atoms with Crippen LogP contribution in [0.3, 0.4) is 0 Å². The summed E-state index contributed by atoms with van der Waals surface area (Å²) in [6.07, 6.45) is 0.838. The molecule has 0 atom stereocenters. The van der Waals surface area contributed by atoms with Crippen molar-refractivity contribution in [2.75, 3.05) is 33.5 Å². The molecule has 0 aromatic carbocycles. The molecule has 1 aromatic heterocycles. The molecule has 1 heterocycles. The predicted octanol–water partition coefficient (Wildman–Crippen LogP) is 1.25. The predicted molar refractivity (Wildman–Crippen MR) is 72.8 cm³/mol. The Kier molecular flexibility index (Phi) is 8.17. The van der Waals surface area contributed by atoms with Gasteiger partial charge >= 0.3 is 5.97 Å². The Morgan fingerprint density at radius 3 is 2.80 bits per heavy atom. The van der Waals surface area contributed by atoms with Crippen molar-refractivity contribution in [3.8, 4) is 0 Å². The van der Waals surface area contributed by atoms with Crippen LogP contribution in [0.1, 0.15) is 29.5 Å². The number of nitrogens with zero attached hydrogens (tertiary/aromatic N) is 3. The highest BCUT2D eigenvalue weighted by Crippen LogP contribution is 2.10. The number of methoxy groups -OCH3 is 1. The van der Waals surface area contributed by atoms with Gasteiger partial charge < -0.3 is 14.2 Å². The maximum atomic E-state index is 11.6. The van der Waals surface area contributed by atoms with Gasteiger partial charge in [0.25, 0.3) is 0 Å². The molecule has 0 bridgehead atoms. The summed E-state index contributed by atoms with van der Waals surface area (Å²) in [5.74, 6) is -0.361. The summed E-state index contributed by atoms with van der Waals surface area (Å²) in [5, 5.41) is 7.71. The van der Waals surface area contributed by atoms with E-state index in [1.807, 2.05) is 0 Å². The largest absolute Gasteiger partial charge is 0.461 e. The highest BCUT2D eigenvalue weighted by molar-refractivity contribution is 6.17. The summed E-state index contributed by atoms with van der Waals surface area (Å²) >= 11 is 5.84. The molecule has 0 amide bonds. The van der Waals surface area contributed by atoms with E-state index in [0.29, 0.717) is 32.1 Å². The van der Waals surface area contributed by atoms with Crippen LogP contribution in [0.4, 0.5) is 0 Å². The minimum atomic E-state index is -0.504. The average Bonchev–Trinajstić information content (AvgIpc) is 2.86. The minimum Gasteiger partial charge on any atom is -0.461 e. The maximum absolute atomic E-state index is 11.6. The monoisotopic (exact) mass is 305 g/mol. The van der Waals surface area contributed by atoms with Crippen LogP contribution in [-0.2, 0) is 26.6 Å². The molecule has 0 radical (unpaired) electrons. The second-order valence-electron chi connectivity index (χ2n) is 3.92. The molecule has 0 aliphatic rings. The molecule has 7 nitrogen and oxygen atoms in total. The first-order chi connectivity index (χ1) is 9.74. The Hall–Kier alpha value is -1.18. The number of esters is 1. The van der Waals surface area contributed by atoms with E-state index in [-0.39, 0.29) is 18.2 Å². The fourth-order valence-corrected chi connectivity index (χ4v) is 1.83. The average molecular weight is 306 g/mol. The van der Waals surface area contributed by atoms with Crippen molar-refractivity contribution in [1.82, 2.24) is 15.0 Å². The van der Waals surface area contributed by atoms with Gasteiger partial charge in [-0.2, -0.15) is 0 Å². The van der Waals surface area contributed by atoms with Gasteiger partial charge in [0.1, 0.15) is 0 Å². The lowest BCUT2D eigenvalue weighted by molar-refractivity contribution is 0.0518. The Morgan fingerprint density at radius 1 is 1.35 bits per heavy atom. The number of halogens is 1. The van der Waals surface area contributed by atoms with E-state index < -0.39 is 5.97 Å². The SMILES string of the molecule is CCOC(=O)c1nnn(CCOCCCOC)c1CCl. The van der Waals surface area contributed by atoms with E-state index in [1.54, 1.807) is 18.7 Å². The highest BCUT2D eigenvalue weighted by Gasteiger charge is 2.19. The molecule has 0 aliphatic heterocycles. The molecule has 0 saturated heterocycles. The Balaban J connectivity index is 2.48. The van der Waals surface area contributed by atoms with Gasteiger partial charge in [-0.1, -0.05) is 5.21 Å². The Bertz CT molecular complexity index is 411. The molecule has 1 aromatic rings. The summed E-state index contributed by atoms with van der Waals surface area (Å²) in [6, 6.07) is 0. The lowest BCUT2D eigenvalue weighted by Gasteiger charge is -2.06. The normalized spacial score (nSPS) is 10.8. The molecule has 0 unspecified atom stereocenters. The van der Waals surface area contributed by atoms with Crippen LogP contribution < -0.4 is 0 Å². The maximum Gasteiger partial charge on any atom is 0.360 e. The van der Waals surface area contributed by atoms with Crippen LogP contribution in [-0.4, -0.2) is 54.5 Å². The zero-order valence-corrected chi connectivity index (χ0v) is 12.6. The van der Waals surface area contributed by atoms with Crippen LogP contribution in [0.5, 0.6) is 0 Å². The number of ether oxygens (including phenoxy) is 3. The van der Waals surface area contributed by atoms with Gasteiger partial charge in [-0.3, -0.25) is 0 Å². The van der Waals surface area contributed by atoms with Crippen molar-refractivity contribution in [3.63, 3.8) is 0 Å². The van der Waals surface area contributed by atoms with Gasteiger partial charge in [0.05, 0.1) is 31.3 Å². The standard InChI is InChI=1S/C12H20ClN3O4/c1-3-20-12(17)11-10(9-13)16(15-14-11)5-8-19-7-4-6-18-2/h3-9H2,1-2H3. The molecule has 0 saturated carbocycles. The van der Waals surface area contributed by atoms with Gasteiger partial charge in [0, 0.05) is 20.3 Å². The van der Waals surface area contributed by atoms with E-state index in [2.05, 4.69) is 10.3 Å². The molecule has 0 N–H and O–H groups in total. The summed E-state index contributed by atoms with van der Waals surface area (Å²) in [4.78, 5) is 11.6. The lowest BCUT2D eigenvalue weighted by Crippen LogP contribution is -2.13. The lowest BCUT2D eigenvalue weighted by atomic mass is 10.3. The number of alkyl halides is 1. The number of aromatic nitrogens is 3. The highest BCUT2D eigenvalue weighted by atomic mass is 35.5. The van der Waals surface area contributed by atoms with Crippen molar-refractivity contribution >= 4 is 17.6 Å². The van der Waals surface area contributed by atoms with Crippen molar-refractivity contribution in [1.29, 1.82) is 0 Å². The summed E-state index contributed by atoms with van der Waals surface area (Å²) in [6.45, 7) is 4.26. The van der Waals surface area contributed by atoms with Crippen molar-refractivity contribution in [2.24, 2.45) is 0 Å². The first kappa shape index (κ1) is 16.9. The minimum absolute atomic E-state index is 0.144. The molecule has 8 heteroatoms. The summed E-state index contributed by atoms with van der Waals surface area (Å²) in [5.41, 5.74) is 0.715. The molecular weight excluding hydrogens is 286 g/mol. The first-order valence-electron chi connectivity index (χ1n) is 6.46. The number of carbonyl (C=O) groups excluding carboxylic acids is 1. The van der Waals surface area contributed by atoms with E-state index in [4.69, 9.17) is 25.8 Å². The van der Waals surface area contributed by atoms with E-state index in [0.717, 1.165) is 6.42 Å². The van der Waals surface area contributed by atoms with Gasteiger partial charge in [0.2, 0.25) is 0 Å². The van der Waals surface area contributed by atoms with Crippen molar-refractivity contribution < 1.29 is 19.0 Å². The van der Waals surface area contributed by atoms with Crippen LogP contribution >= 0.6 is 11.6 Å². The fourth-order valence-electron chi connectivity index (χ4n) is 1.56. The first-order valence-corrected chi connectivity index (χ1v) is 7.00. The molecular formula is C12H20ClN3O4. The molecule has 1 rings (SSSR count). The molecule has 0 aliphatic carbocycles. The third kappa shape index (κ3) is 5.07. The zero-order valence-electron chi connectivity index (χ0n) is 11.8. The molecule has 0 fully saturated rings. The molecule has 20 heavy (non-hydrogen) atoms. The number of hydrogen-bond donors (Lipinski definition) is 0. The number of rotatable bonds is 10. The Morgan fingerprint density at radius 2 is 2.15 bits per heavy atom. The van der Waals surface area contributed by atoms with Crippen LogP contribution in [0.25, 0.3) is 0 Å². The second kappa shape index (κ2) is 9.68. The van der Waals surface area contributed by atoms with Gasteiger partial charge in [-0.15, -0.1) is 16.7 Å². The summed E-state index contributed by atoms with van der Waals surface area (Å²) in [7, 11) is 1.65. The van der Waals surface area contributed by atoms with Crippen LogP contribution in [0, 0.1) is 0 Å². The second-order valence-corrected chi connectivity index (χ2v) is 4.19. The van der Waals surface area contributed by atoms with Crippen LogP contribution in [0.15, 0.2) is 0 Å². The Labute approximate surface area is 123 Å². The fraction of sp³-hybridized carbons (Fsp3) is 0.750. The quantitative estimate of drug-likeness (QED) is 0.368. The van der Waals surface area contributed by atoms with E-state index in [1.165, 1.54) is 0 Å². The van der Waals surface area contributed by atoms with Crippen molar-refractivity contribution in [2.45, 2.75) is 25.8 Å². The van der Waals surface area contributed by atoms with Gasteiger partial charge in [-0.05, 0) is 13.3 Å². The number of carbonyl (C=O) groups is 1. The third-order valence-corrected chi connectivity index (χ3v) is 2.77. The topological polar surface area (TPSA) is 75.5 Å². The number of hydrogen-bond acceptors (Lipinski definition) is 6.